The third kappa shape index (κ3) is 9.56. The van der Waals surface area contributed by atoms with Crippen LogP contribution in [0.4, 0.5) is 0 Å². The van der Waals surface area contributed by atoms with E-state index in [-0.39, 0.29) is 23.4 Å². The molecule has 0 bridgehead atoms. The van der Waals surface area contributed by atoms with Crippen LogP contribution in [0, 0.1) is 16.2 Å². The van der Waals surface area contributed by atoms with Crippen LogP contribution in [0.5, 0.6) is 0 Å². The first kappa shape index (κ1) is 26.6. The van der Waals surface area contributed by atoms with E-state index in [0.717, 1.165) is 0 Å². The van der Waals surface area contributed by atoms with Gasteiger partial charge in [-0.15, -0.1) is 0 Å². The minimum absolute atomic E-state index is 0.0162. The normalized spacial score (nSPS) is 17.3. The zero-order valence-electron chi connectivity index (χ0n) is 19.1. The molecule has 0 radical (unpaired) electrons. The maximum absolute atomic E-state index is 13.2. The lowest BCUT2D eigenvalue weighted by atomic mass is 9.61. The number of rotatable bonds is 9. The highest BCUT2D eigenvalue weighted by atomic mass is 31.1. The predicted octanol–water partition coefficient (Wildman–Crippen LogP) is 5.34. The molecule has 0 saturated heterocycles. The van der Waals surface area contributed by atoms with Crippen molar-refractivity contribution in [3.05, 3.63) is 0 Å². The van der Waals surface area contributed by atoms with Crippen LogP contribution in [-0.2, 0) is 23.4 Å². The molecule has 0 aromatic rings. The Morgan fingerprint density at radius 2 is 1.41 bits per heavy atom. The standard InChI is InChI=1S/C20H41O6P/c1-16(2,3)14-20(11,17(4,5)6)15(21)25-18(7,8)12-13-24-19(9,10)26-27(22)23/h27H,12-14H2,1-11H3,(H,22,23). The van der Waals surface area contributed by atoms with Gasteiger partial charge in [0, 0.05) is 6.42 Å². The van der Waals surface area contributed by atoms with Crippen LogP contribution in [0.1, 0.15) is 89.0 Å². The molecular formula is C20H41O6P. The lowest BCUT2D eigenvalue weighted by molar-refractivity contribution is -0.186. The maximum Gasteiger partial charge on any atom is 0.319 e. The van der Waals surface area contributed by atoms with Gasteiger partial charge >= 0.3 is 14.2 Å². The largest absolute Gasteiger partial charge is 0.459 e. The molecule has 1 N–H and O–H groups in total. The smallest absolute Gasteiger partial charge is 0.319 e. The summed E-state index contributed by atoms with van der Waals surface area (Å²) < 4.78 is 27.2. The van der Waals surface area contributed by atoms with Crippen LogP contribution < -0.4 is 0 Å². The fraction of sp³-hybridized carbons (Fsp3) is 0.950. The minimum atomic E-state index is -3.09. The fourth-order valence-electron chi connectivity index (χ4n) is 2.90. The van der Waals surface area contributed by atoms with Crippen molar-refractivity contribution in [2.24, 2.45) is 16.2 Å². The highest BCUT2D eigenvalue weighted by Gasteiger charge is 2.49. The molecule has 0 amide bonds. The van der Waals surface area contributed by atoms with Crippen molar-refractivity contribution < 1.29 is 28.3 Å². The van der Waals surface area contributed by atoms with E-state index < -0.39 is 25.1 Å². The van der Waals surface area contributed by atoms with Crippen molar-refractivity contribution in [3.8, 4) is 0 Å². The third-order valence-corrected chi connectivity index (χ3v) is 5.51. The summed E-state index contributed by atoms with van der Waals surface area (Å²) in [5.41, 5.74) is -1.64. The highest BCUT2D eigenvalue weighted by molar-refractivity contribution is 7.32. The first-order valence-electron chi connectivity index (χ1n) is 9.50. The van der Waals surface area contributed by atoms with Gasteiger partial charge in [0.2, 0.25) is 0 Å². The number of esters is 1. The molecule has 0 aromatic heterocycles. The molecule has 27 heavy (non-hydrogen) atoms. The van der Waals surface area contributed by atoms with Crippen molar-refractivity contribution in [1.29, 1.82) is 0 Å². The number of hydrogen-bond donors (Lipinski definition) is 1. The zero-order valence-corrected chi connectivity index (χ0v) is 20.1. The molecule has 0 heterocycles. The van der Waals surface area contributed by atoms with Crippen molar-refractivity contribution >= 4 is 14.2 Å². The van der Waals surface area contributed by atoms with Gasteiger partial charge in [-0.05, 0) is 51.9 Å². The Balaban J connectivity index is 5.08. The Kier molecular flexibility index (Phi) is 8.80. The average molecular weight is 409 g/mol. The Labute approximate surface area is 166 Å². The molecule has 0 fully saturated rings. The van der Waals surface area contributed by atoms with E-state index in [9.17, 15) is 9.36 Å². The van der Waals surface area contributed by atoms with Gasteiger partial charge < -0.3 is 14.4 Å². The number of carbonyl (C=O) groups is 1. The van der Waals surface area contributed by atoms with Crippen LogP contribution in [0.15, 0.2) is 0 Å². The van der Waals surface area contributed by atoms with E-state index in [4.69, 9.17) is 18.9 Å². The van der Waals surface area contributed by atoms with E-state index in [0.29, 0.717) is 12.8 Å². The van der Waals surface area contributed by atoms with E-state index in [1.165, 1.54) is 0 Å². The summed E-state index contributed by atoms with van der Waals surface area (Å²) >= 11 is 0. The summed E-state index contributed by atoms with van der Waals surface area (Å²) in [4.78, 5) is 22.1. The van der Waals surface area contributed by atoms with Crippen LogP contribution in [-0.4, -0.2) is 28.9 Å². The van der Waals surface area contributed by atoms with Crippen LogP contribution >= 0.6 is 8.25 Å². The summed E-state index contributed by atoms with van der Waals surface area (Å²) in [5, 5.41) is 0. The lowest BCUT2D eigenvalue weighted by Gasteiger charge is -2.45. The molecule has 0 aromatic carbocycles. The Hall–Kier alpha value is -0.420. The van der Waals surface area contributed by atoms with Gasteiger partial charge in [-0.25, -0.2) is 0 Å². The quantitative estimate of drug-likeness (QED) is 0.315. The summed E-state index contributed by atoms with van der Waals surface area (Å²) in [6.45, 7) is 21.6. The average Bonchev–Trinajstić information content (AvgIpc) is 2.31. The molecule has 7 heteroatoms. The van der Waals surface area contributed by atoms with Gasteiger partial charge in [0.1, 0.15) is 5.60 Å². The van der Waals surface area contributed by atoms with E-state index in [1.807, 2.05) is 20.8 Å². The molecule has 0 aliphatic carbocycles. The highest BCUT2D eigenvalue weighted by Crippen LogP contribution is 2.48. The molecular weight excluding hydrogens is 367 g/mol. The first-order chi connectivity index (χ1) is 11.7. The van der Waals surface area contributed by atoms with E-state index in [1.54, 1.807) is 13.8 Å². The Morgan fingerprint density at radius 1 is 0.926 bits per heavy atom. The van der Waals surface area contributed by atoms with Crippen molar-refractivity contribution in [2.45, 2.75) is 100 Å². The number of hydrogen-bond acceptors (Lipinski definition) is 5. The second kappa shape index (κ2) is 8.94. The Morgan fingerprint density at radius 3 is 1.78 bits per heavy atom. The van der Waals surface area contributed by atoms with Gasteiger partial charge in [-0.3, -0.25) is 13.9 Å². The van der Waals surface area contributed by atoms with Crippen molar-refractivity contribution in [2.75, 3.05) is 6.61 Å². The number of carbonyl (C=O) groups excluding carboxylic acids is 1. The van der Waals surface area contributed by atoms with Gasteiger partial charge in [-0.2, -0.15) is 0 Å². The minimum Gasteiger partial charge on any atom is -0.459 e. The predicted molar refractivity (Wildman–Crippen MR) is 109 cm³/mol. The molecule has 0 spiro atoms. The van der Waals surface area contributed by atoms with Crippen molar-refractivity contribution in [1.82, 2.24) is 0 Å². The van der Waals surface area contributed by atoms with Gasteiger partial charge in [0.05, 0.1) is 12.0 Å². The van der Waals surface area contributed by atoms with Gasteiger partial charge in [-0.1, -0.05) is 41.5 Å². The summed E-state index contributed by atoms with van der Waals surface area (Å²) in [6.07, 6.45) is 1.15. The van der Waals surface area contributed by atoms with Crippen molar-refractivity contribution in [3.63, 3.8) is 0 Å². The zero-order chi connectivity index (χ0) is 21.9. The second-order valence-corrected chi connectivity index (χ2v) is 11.6. The topological polar surface area (TPSA) is 82.1 Å². The van der Waals surface area contributed by atoms with Gasteiger partial charge in [0.25, 0.3) is 0 Å². The maximum atomic E-state index is 13.2. The molecule has 0 aliphatic rings. The summed E-state index contributed by atoms with van der Waals surface area (Å²) in [5.74, 6) is -1.39. The van der Waals surface area contributed by atoms with Crippen LogP contribution in [0.25, 0.3) is 0 Å². The third-order valence-electron chi connectivity index (χ3n) is 4.85. The SMILES string of the molecule is CC(C)(C)CC(C)(C(=O)OC(C)(C)CCOC(C)(C)O[PH](=O)O)C(C)(C)C. The van der Waals surface area contributed by atoms with Crippen LogP contribution in [0.2, 0.25) is 0 Å². The molecule has 2 atom stereocenters. The fourth-order valence-corrected chi connectivity index (χ4v) is 3.38. The lowest BCUT2D eigenvalue weighted by Crippen LogP contribution is -2.47. The molecule has 2 unspecified atom stereocenters. The van der Waals surface area contributed by atoms with Gasteiger partial charge in [0.15, 0.2) is 5.79 Å². The molecule has 0 aliphatic heterocycles. The summed E-state index contributed by atoms with van der Waals surface area (Å²) in [6, 6.07) is 0. The van der Waals surface area contributed by atoms with E-state index >= 15 is 0 Å². The molecule has 162 valence electrons. The molecule has 6 nitrogen and oxygen atoms in total. The Bertz CT molecular complexity index is 528. The molecule has 0 rings (SSSR count). The molecule has 0 saturated carbocycles. The second-order valence-electron chi connectivity index (χ2n) is 10.8. The first-order valence-corrected chi connectivity index (χ1v) is 10.8. The van der Waals surface area contributed by atoms with Crippen LogP contribution in [0.3, 0.4) is 0 Å². The monoisotopic (exact) mass is 408 g/mol. The number of ether oxygens (including phenoxy) is 2. The summed E-state index contributed by atoms with van der Waals surface area (Å²) in [7, 11) is -3.09. The van der Waals surface area contributed by atoms with E-state index in [2.05, 4.69) is 41.5 Å².